The Bertz CT molecular complexity index is 315. The van der Waals surface area contributed by atoms with E-state index >= 15 is 0 Å². The molecule has 0 heterocycles. The smallest absolute Gasteiger partial charge is 0.0579 e. The van der Waals surface area contributed by atoms with Crippen molar-refractivity contribution in [3.63, 3.8) is 0 Å². The second-order valence-electron chi connectivity index (χ2n) is 10.3. The summed E-state index contributed by atoms with van der Waals surface area (Å²) in [5.74, 6) is 0. The van der Waals surface area contributed by atoms with E-state index in [-0.39, 0.29) is 25.4 Å². The highest BCUT2D eigenvalue weighted by Gasteiger charge is 2.16. The highest BCUT2D eigenvalue weighted by molar-refractivity contribution is 4.66. The molecule has 0 aliphatic heterocycles. The summed E-state index contributed by atoms with van der Waals surface area (Å²) in [6.45, 7) is 5.08. The van der Waals surface area contributed by atoms with Crippen molar-refractivity contribution in [2.75, 3.05) is 13.2 Å². The fourth-order valence-electron chi connectivity index (χ4n) is 4.84. The van der Waals surface area contributed by atoms with Gasteiger partial charge in [-0.1, -0.05) is 129 Å². The van der Waals surface area contributed by atoms with Crippen molar-refractivity contribution in [1.29, 1.82) is 0 Å². The Morgan fingerprint density at radius 1 is 0.394 bits per heavy atom. The molecule has 2 N–H and O–H groups in total. The zero-order valence-electron chi connectivity index (χ0n) is 22.8. The van der Waals surface area contributed by atoms with E-state index in [4.69, 9.17) is 4.74 Å². The predicted octanol–water partition coefficient (Wildman–Crippen LogP) is 9.13. The van der Waals surface area contributed by atoms with Crippen molar-refractivity contribution in [3.05, 3.63) is 0 Å². The molecule has 0 aliphatic carbocycles. The number of unbranched alkanes of at least 4 members (excludes halogenated alkanes) is 16. The molecule has 0 saturated heterocycles. The van der Waals surface area contributed by atoms with Crippen LogP contribution in [0.1, 0.15) is 168 Å². The van der Waals surface area contributed by atoms with Gasteiger partial charge in [0.15, 0.2) is 0 Å². The molecule has 200 valence electrons. The average Bonchev–Trinajstić information content (AvgIpc) is 2.83. The lowest BCUT2D eigenvalue weighted by atomic mass is 10.0. The van der Waals surface area contributed by atoms with Crippen LogP contribution in [0.15, 0.2) is 0 Å². The lowest BCUT2D eigenvalue weighted by Crippen LogP contribution is -2.23. The molecule has 33 heavy (non-hydrogen) atoms. The van der Waals surface area contributed by atoms with Crippen LogP contribution in [0, 0.1) is 0 Å². The van der Waals surface area contributed by atoms with Gasteiger partial charge in [0.2, 0.25) is 0 Å². The summed E-state index contributed by atoms with van der Waals surface area (Å²) in [6, 6.07) is 0. The van der Waals surface area contributed by atoms with E-state index in [1.54, 1.807) is 0 Å². The van der Waals surface area contributed by atoms with E-state index in [0.717, 1.165) is 38.5 Å². The minimum Gasteiger partial charge on any atom is -0.396 e. The fraction of sp³-hybridized carbons (Fsp3) is 1.00. The van der Waals surface area contributed by atoms with E-state index in [2.05, 4.69) is 13.8 Å². The van der Waals surface area contributed by atoms with Crippen molar-refractivity contribution < 1.29 is 14.9 Å². The van der Waals surface area contributed by atoms with Crippen molar-refractivity contribution in [3.8, 4) is 0 Å². The maximum atomic E-state index is 9.32. The molecule has 0 fully saturated rings. The number of aliphatic hydroxyl groups excluding tert-OH is 2. The molecule has 0 aromatic rings. The van der Waals surface area contributed by atoms with Gasteiger partial charge in [-0.05, 0) is 38.5 Å². The number of ether oxygens (including phenoxy) is 1. The van der Waals surface area contributed by atoms with Crippen LogP contribution in [0.3, 0.4) is 0 Å². The van der Waals surface area contributed by atoms with Gasteiger partial charge in [0, 0.05) is 13.2 Å². The molecule has 3 nitrogen and oxygen atoms in total. The molecular weight excluding hydrogens is 408 g/mol. The van der Waals surface area contributed by atoms with Crippen LogP contribution >= 0.6 is 0 Å². The first-order chi connectivity index (χ1) is 16.3. The highest BCUT2D eigenvalue weighted by Crippen LogP contribution is 2.21. The summed E-state index contributed by atoms with van der Waals surface area (Å²) in [5.41, 5.74) is 0. The molecule has 2 atom stereocenters. The highest BCUT2D eigenvalue weighted by atomic mass is 16.5. The topological polar surface area (TPSA) is 49.7 Å². The van der Waals surface area contributed by atoms with Crippen LogP contribution in [-0.2, 0) is 4.74 Å². The third-order valence-corrected chi connectivity index (χ3v) is 7.01. The Kier molecular flexibility index (Phi) is 28.0. The maximum absolute atomic E-state index is 9.32. The monoisotopic (exact) mass is 470 g/mol. The number of aliphatic hydroxyl groups is 2. The first kappa shape index (κ1) is 32.9. The Labute approximate surface area is 208 Å². The van der Waals surface area contributed by atoms with E-state index < -0.39 is 0 Å². The lowest BCUT2D eigenvalue weighted by Gasteiger charge is -2.25. The van der Waals surface area contributed by atoms with E-state index in [9.17, 15) is 10.2 Å². The zero-order valence-corrected chi connectivity index (χ0v) is 22.8. The van der Waals surface area contributed by atoms with Crippen LogP contribution in [0.25, 0.3) is 0 Å². The van der Waals surface area contributed by atoms with Crippen molar-refractivity contribution in [2.24, 2.45) is 0 Å². The number of rotatable bonds is 28. The molecule has 0 radical (unpaired) electrons. The summed E-state index contributed by atoms with van der Waals surface area (Å²) >= 11 is 0. The third kappa shape index (κ3) is 24.8. The van der Waals surface area contributed by atoms with Crippen LogP contribution in [-0.4, -0.2) is 35.6 Å². The summed E-state index contributed by atoms with van der Waals surface area (Å²) < 4.78 is 6.58. The van der Waals surface area contributed by atoms with Crippen molar-refractivity contribution in [1.82, 2.24) is 0 Å². The van der Waals surface area contributed by atoms with Crippen molar-refractivity contribution in [2.45, 2.75) is 180 Å². The molecule has 0 spiro atoms. The first-order valence-electron chi connectivity index (χ1n) is 15.2. The van der Waals surface area contributed by atoms with Gasteiger partial charge in [-0.3, -0.25) is 0 Å². The fourth-order valence-corrected chi connectivity index (χ4v) is 4.84. The number of hydrogen-bond acceptors (Lipinski definition) is 3. The third-order valence-electron chi connectivity index (χ3n) is 7.01. The molecule has 0 aliphatic rings. The van der Waals surface area contributed by atoms with Gasteiger partial charge >= 0.3 is 0 Å². The van der Waals surface area contributed by atoms with Gasteiger partial charge in [-0.25, -0.2) is 0 Å². The second kappa shape index (κ2) is 28.1. The Morgan fingerprint density at radius 2 is 0.667 bits per heavy atom. The molecule has 0 rings (SSSR count). The van der Waals surface area contributed by atoms with Crippen LogP contribution in [0.5, 0.6) is 0 Å². The normalized spacial score (nSPS) is 13.5. The zero-order chi connectivity index (χ0) is 24.2. The molecule has 0 saturated carbocycles. The van der Waals surface area contributed by atoms with Gasteiger partial charge < -0.3 is 14.9 Å². The largest absolute Gasteiger partial charge is 0.396 e. The summed E-state index contributed by atoms with van der Waals surface area (Å²) in [4.78, 5) is 0. The Balaban J connectivity index is 4.10. The van der Waals surface area contributed by atoms with Crippen LogP contribution in [0.2, 0.25) is 0 Å². The van der Waals surface area contributed by atoms with Crippen LogP contribution < -0.4 is 0 Å². The molecule has 0 aromatic heterocycles. The first-order valence-corrected chi connectivity index (χ1v) is 15.2. The quantitative estimate of drug-likeness (QED) is 0.112. The van der Waals surface area contributed by atoms with Crippen LogP contribution in [0.4, 0.5) is 0 Å². The average molecular weight is 471 g/mol. The van der Waals surface area contributed by atoms with Gasteiger partial charge in [0.25, 0.3) is 0 Å². The number of hydrogen-bond donors (Lipinski definition) is 2. The summed E-state index contributed by atoms with van der Waals surface area (Å²) in [6.07, 6.45) is 30.9. The Morgan fingerprint density at radius 3 is 0.970 bits per heavy atom. The van der Waals surface area contributed by atoms with E-state index in [0.29, 0.717) is 0 Å². The molecule has 3 heteroatoms. The molecular formula is C30H62O3. The standard InChI is InChI=1S/C30H62O3/c1-3-5-7-9-11-13-15-17-19-23-29(25-21-27-31)33-30(26-22-28-32)24-20-18-16-14-12-10-8-6-4-2/h29-32H,3-28H2,1-2H3. The van der Waals surface area contributed by atoms with E-state index in [1.165, 1.54) is 116 Å². The predicted molar refractivity (Wildman–Crippen MR) is 145 cm³/mol. The lowest BCUT2D eigenvalue weighted by molar-refractivity contribution is -0.0349. The summed E-state index contributed by atoms with van der Waals surface area (Å²) in [5, 5.41) is 18.6. The van der Waals surface area contributed by atoms with Gasteiger partial charge in [-0.15, -0.1) is 0 Å². The molecule has 0 amide bonds. The minimum atomic E-state index is 0.261. The molecule has 2 unspecified atom stereocenters. The minimum absolute atomic E-state index is 0.261. The molecule has 0 aromatic carbocycles. The van der Waals surface area contributed by atoms with Gasteiger partial charge in [-0.2, -0.15) is 0 Å². The van der Waals surface area contributed by atoms with Gasteiger partial charge in [0.1, 0.15) is 0 Å². The maximum Gasteiger partial charge on any atom is 0.0579 e. The molecule has 0 bridgehead atoms. The SMILES string of the molecule is CCCCCCCCCCCC(CCCO)OC(CCCO)CCCCCCCCCCC. The second-order valence-corrected chi connectivity index (χ2v) is 10.3. The van der Waals surface area contributed by atoms with E-state index in [1.807, 2.05) is 0 Å². The van der Waals surface area contributed by atoms with Gasteiger partial charge in [0.05, 0.1) is 12.2 Å². The Hall–Kier alpha value is -0.120. The summed E-state index contributed by atoms with van der Waals surface area (Å²) in [7, 11) is 0. The van der Waals surface area contributed by atoms with Crippen molar-refractivity contribution >= 4 is 0 Å².